The third-order valence-electron chi connectivity index (χ3n) is 0.558. The van der Waals surface area contributed by atoms with Crippen LogP contribution in [0.4, 0.5) is 0 Å². The fourth-order valence-corrected chi connectivity index (χ4v) is 0.123. The van der Waals surface area contributed by atoms with Crippen LogP contribution in [0.5, 0.6) is 0 Å². The minimum atomic E-state index is -1.07. The summed E-state index contributed by atoms with van der Waals surface area (Å²) in [4.78, 5) is 9.74. The van der Waals surface area contributed by atoms with Crippen LogP contribution in [-0.4, -0.2) is 11.1 Å². The first-order chi connectivity index (χ1) is 3.18. The summed E-state index contributed by atoms with van der Waals surface area (Å²) in [6.07, 6.45) is 1.34. The van der Waals surface area contributed by atoms with Gasteiger partial charge in [0.2, 0.25) is 0 Å². The van der Waals surface area contributed by atoms with Gasteiger partial charge in [-0.3, -0.25) is 0 Å². The van der Waals surface area contributed by atoms with Crippen LogP contribution in [0.3, 0.4) is 0 Å². The molecule has 0 spiro atoms. The average molecular weight is 101 g/mol. The lowest BCUT2D eigenvalue weighted by Gasteiger charge is -1.85. The van der Waals surface area contributed by atoms with E-state index < -0.39 is 5.97 Å². The van der Waals surface area contributed by atoms with Crippen LogP contribution in [0.2, 0.25) is 0 Å². The van der Waals surface area contributed by atoms with Crippen molar-refractivity contribution in [3.8, 4) is 0 Å². The summed E-state index contributed by atoms with van der Waals surface area (Å²) in [5.74, 6) is -1.07. The van der Waals surface area contributed by atoms with Crippen molar-refractivity contribution in [3.05, 3.63) is 11.8 Å². The Morgan fingerprint density at radius 1 is 1.86 bits per heavy atom. The normalized spacial score (nSPS) is 11.3. The second-order valence-corrected chi connectivity index (χ2v) is 1.05. The molecule has 0 aromatic heterocycles. The molecule has 0 amide bonds. The molecule has 0 atom stereocenters. The maximum Gasteiger partial charge on any atom is 0.351 e. The molecular weight excluding hydrogens is 94.0 g/mol. The van der Waals surface area contributed by atoms with Gasteiger partial charge in [0.1, 0.15) is 5.70 Å². The van der Waals surface area contributed by atoms with Crippen molar-refractivity contribution in [2.24, 2.45) is 5.73 Å². The maximum atomic E-state index is 9.74. The van der Waals surface area contributed by atoms with E-state index in [9.17, 15) is 4.79 Å². The van der Waals surface area contributed by atoms with Crippen molar-refractivity contribution >= 4 is 5.97 Å². The van der Waals surface area contributed by atoms with Crippen molar-refractivity contribution < 1.29 is 9.90 Å². The van der Waals surface area contributed by atoms with E-state index in [1.165, 1.54) is 6.08 Å². The molecule has 3 N–H and O–H groups in total. The van der Waals surface area contributed by atoms with Gasteiger partial charge in [-0.25, -0.2) is 4.79 Å². The Hall–Kier alpha value is -0.990. The van der Waals surface area contributed by atoms with Gasteiger partial charge in [-0.05, 0) is 6.92 Å². The number of carboxylic acid groups (broad SMARTS) is 1. The van der Waals surface area contributed by atoms with E-state index in [2.05, 4.69) is 0 Å². The van der Waals surface area contributed by atoms with Crippen LogP contribution in [0, 0.1) is 0 Å². The number of hydrogen-bond donors (Lipinski definition) is 2. The predicted octanol–water partition coefficient (Wildman–Crippen LogP) is -0.0665. The summed E-state index contributed by atoms with van der Waals surface area (Å²) in [6.45, 7) is 1.57. The number of aliphatic carboxylic acids is 1. The monoisotopic (exact) mass is 101 g/mol. The molecule has 3 heteroatoms. The van der Waals surface area contributed by atoms with Crippen LogP contribution in [0.15, 0.2) is 11.8 Å². The van der Waals surface area contributed by atoms with E-state index in [1.807, 2.05) is 0 Å². The lowest BCUT2D eigenvalue weighted by atomic mass is 10.4. The highest BCUT2D eigenvalue weighted by Crippen LogP contribution is 1.78. The van der Waals surface area contributed by atoms with Crippen molar-refractivity contribution in [2.75, 3.05) is 0 Å². The smallest absolute Gasteiger partial charge is 0.351 e. The SMILES string of the molecule is C/C=C(/N)C(=O)O. The van der Waals surface area contributed by atoms with E-state index in [0.29, 0.717) is 0 Å². The quantitative estimate of drug-likeness (QED) is 0.454. The molecule has 3 nitrogen and oxygen atoms in total. The van der Waals surface area contributed by atoms with Crippen LogP contribution in [0.25, 0.3) is 0 Å². The molecule has 0 aromatic rings. The standard InChI is InChI=1S/C4H7NO2/c1-2-3(5)4(6)7/h2H,5H2,1H3,(H,6,7)/b3-2+. The van der Waals surface area contributed by atoms with E-state index in [1.54, 1.807) is 6.92 Å². The Labute approximate surface area is 41.4 Å². The van der Waals surface area contributed by atoms with Gasteiger partial charge in [0.25, 0.3) is 0 Å². The summed E-state index contributed by atoms with van der Waals surface area (Å²) in [5.41, 5.74) is 4.77. The molecule has 0 aliphatic carbocycles. The molecule has 40 valence electrons. The molecule has 0 radical (unpaired) electrons. The topological polar surface area (TPSA) is 63.3 Å². The Morgan fingerprint density at radius 3 is 2.29 bits per heavy atom. The predicted molar refractivity (Wildman–Crippen MR) is 25.6 cm³/mol. The molecule has 0 fully saturated rings. The molecular formula is C4H7NO2. The van der Waals surface area contributed by atoms with Gasteiger partial charge in [-0.15, -0.1) is 0 Å². The Morgan fingerprint density at radius 2 is 2.29 bits per heavy atom. The van der Waals surface area contributed by atoms with E-state index >= 15 is 0 Å². The zero-order chi connectivity index (χ0) is 5.86. The van der Waals surface area contributed by atoms with Gasteiger partial charge in [-0.2, -0.15) is 0 Å². The molecule has 0 heterocycles. The number of nitrogens with two attached hydrogens (primary N) is 1. The van der Waals surface area contributed by atoms with Gasteiger partial charge in [-0.1, -0.05) is 6.08 Å². The molecule has 0 bridgehead atoms. The second kappa shape index (κ2) is 2.23. The molecule has 0 aromatic carbocycles. The highest BCUT2D eigenvalue weighted by atomic mass is 16.4. The molecule has 0 saturated carbocycles. The van der Waals surface area contributed by atoms with Crippen molar-refractivity contribution in [2.45, 2.75) is 6.92 Å². The van der Waals surface area contributed by atoms with Crippen LogP contribution < -0.4 is 5.73 Å². The van der Waals surface area contributed by atoms with Gasteiger partial charge >= 0.3 is 5.97 Å². The molecule has 7 heavy (non-hydrogen) atoms. The highest BCUT2D eigenvalue weighted by Gasteiger charge is 1.94. The van der Waals surface area contributed by atoms with Crippen molar-refractivity contribution in [1.29, 1.82) is 0 Å². The molecule has 0 aliphatic heterocycles. The third kappa shape index (κ3) is 1.81. The number of hydrogen-bond acceptors (Lipinski definition) is 2. The Balaban J connectivity index is 3.82. The first-order valence-electron chi connectivity index (χ1n) is 1.83. The van der Waals surface area contributed by atoms with E-state index in [0.717, 1.165) is 0 Å². The van der Waals surface area contributed by atoms with Gasteiger partial charge < -0.3 is 10.8 Å². The van der Waals surface area contributed by atoms with Gasteiger partial charge in [0.15, 0.2) is 0 Å². The summed E-state index contributed by atoms with van der Waals surface area (Å²) >= 11 is 0. The van der Waals surface area contributed by atoms with Crippen LogP contribution in [-0.2, 0) is 4.79 Å². The minimum absolute atomic E-state index is 0.111. The summed E-state index contributed by atoms with van der Waals surface area (Å²) in [6, 6.07) is 0. The van der Waals surface area contributed by atoms with Crippen LogP contribution >= 0.6 is 0 Å². The lowest BCUT2D eigenvalue weighted by molar-refractivity contribution is -0.132. The van der Waals surface area contributed by atoms with Gasteiger partial charge in [0.05, 0.1) is 0 Å². The van der Waals surface area contributed by atoms with Crippen LogP contribution in [0.1, 0.15) is 6.92 Å². The first kappa shape index (κ1) is 6.01. The van der Waals surface area contributed by atoms with Crippen molar-refractivity contribution in [1.82, 2.24) is 0 Å². The Kier molecular flexibility index (Phi) is 1.91. The molecule has 0 unspecified atom stereocenters. The van der Waals surface area contributed by atoms with E-state index in [4.69, 9.17) is 10.8 Å². The number of carboxylic acids is 1. The third-order valence-corrected chi connectivity index (χ3v) is 0.558. The van der Waals surface area contributed by atoms with E-state index in [-0.39, 0.29) is 5.70 Å². The highest BCUT2D eigenvalue weighted by molar-refractivity contribution is 5.85. The molecule has 0 aliphatic rings. The maximum absolute atomic E-state index is 9.74. The average Bonchev–Trinajstić information content (AvgIpc) is 1.65. The largest absolute Gasteiger partial charge is 0.477 e. The summed E-state index contributed by atoms with van der Waals surface area (Å²) < 4.78 is 0. The lowest BCUT2D eigenvalue weighted by Crippen LogP contribution is -2.08. The fourth-order valence-electron chi connectivity index (χ4n) is 0.123. The number of allylic oxidation sites excluding steroid dienone is 1. The zero-order valence-electron chi connectivity index (χ0n) is 4.01. The summed E-state index contributed by atoms with van der Waals surface area (Å²) in [7, 11) is 0. The van der Waals surface area contributed by atoms with Gasteiger partial charge in [0, 0.05) is 0 Å². The van der Waals surface area contributed by atoms with Crippen molar-refractivity contribution in [3.63, 3.8) is 0 Å². The zero-order valence-corrected chi connectivity index (χ0v) is 4.01. The second-order valence-electron chi connectivity index (χ2n) is 1.05. The first-order valence-corrected chi connectivity index (χ1v) is 1.83. The number of rotatable bonds is 1. The molecule has 0 saturated heterocycles. The fraction of sp³-hybridized carbons (Fsp3) is 0.250. The minimum Gasteiger partial charge on any atom is -0.477 e. The summed E-state index contributed by atoms with van der Waals surface area (Å²) in [5, 5.41) is 7.99. The Bertz CT molecular complexity index is 106. The molecule has 0 rings (SSSR count). The number of carbonyl (C=O) groups is 1.